The van der Waals surface area contributed by atoms with E-state index in [1.807, 2.05) is 18.7 Å². The second-order valence-electron chi connectivity index (χ2n) is 3.99. The number of rotatable bonds is 5. The van der Waals surface area contributed by atoms with E-state index in [4.69, 9.17) is 10.5 Å². The number of benzene rings is 1. The maximum atomic E-state index is 13.7. The summed E-state index contributed by atoms with van der Waals surface area (Å²) in [6.07, 6.45) is 0. The Labute approximate surface area is 96.0 Å². The average molecular weight is 226 g/mol. The van der Waals surface area contributed by atoms with Gasteiger partial charge in [0.15, 0.2) is 0 Å². The molecule has 4 heteroatoms. The van der Waals surface area contributed by atoms with Gasteiger partial charge in [0.05, 0.1) is 12.3 Å². The lowest BCUT2D eigenvalue weighted by molar-refractivity contribution is 0.203. The van der Waals surface area contributed by atoms with Crippen LogP contribution in [0.2, 0.25) is 0 Å². The van der Waals surface area contributed by atoms with Crippen molar-refractivity contribution in [1.29, 1.82) is 0 Å². The second kappa shape index (κ2) is 5.70. The van der Waals surface area contributed by atoms with Gasteiger partial charge in [-0.2, -0.15) is 0 Å². The Morgan fingerprint density at radius 3 is 2.62 bits per heavy atom. The van der Waals surface area contributed by atoms with Crippen molar-refractivity contribution >= 4 is 11.4 Å². The first kappa shape index (κ1) is 12.8. The molecule has 1 aromatic rings. The number of nitrogen functional groups attached to an aromatic ring is 1. The van der Waals surface area contributed by atoms with Crippen molar-refractivity contribution in [3.05, 3.63) is 24.0 Å². The van der Waals surface area contributed by atoms with Crippen molar-refractivity contribution in [2.75, 3.05) is 30.9 Å². The molecule has 0 amide bonds. The van der Waals surface area contributed by atoms with E-state index < -0.39 is 0 Å². The third-order valence-electron chi connectivity index (χ3n) is 2.44. The molecule has 0 aliphatic heterocycles. The van der Waals surface area contributed by atoms with Gasteiger partial charge in [0.25, 0.3) is 0 Å². The minimum atomic E-state index is -0.287. The zero-order valence-electron chi connectivity index (χ0n) is 10.0. The van der Waals surface area contributed by atoms with Crippen LogP contribution in [0, 0.1) is 5.82 Å². The van der Waals surface area contributed by atoms with Crippen LogP contribution in [-0.4, -0.2) is 26.3 Å². The number of ether oxygens (including phenoxy) is 1. The van der Waals surface area contributed by atoms with E-state index in [-0.39, 0.29) is 11.9 Å². The molecule has 1 aromatic carbocycles. The quantitative estimate of drug-likeness (QED) is 0.783. The van der Waals surface area contributed by atoms with E-state index in [1.54, 1.807) is 19.2 Å². The molecular formula is C12H19FN2O. The van der Waals surface area contributed by atoms with E-state index in [0.717, 1.165) is 0 Å². The second-order valence-corrected chi connectivity index (χ2v) is 3.99. The van der Waals surface area contributed by atoms with E-state index in [9.17, 15) is 4.39 Å². The predicted molar refractivity (Wildman–Crippen MR) is 65.2 cm³/mol. The monoisotopic (exact) mass is 226 g/mol. The van der Waals surface area contributed by atoms with E-state index in [2.05, 4.69) is 0 Å². The lowest BCUT2D eigenvalue weighted by Gasteiger charge is -2.29. The van der Waals surface area contributed by atoms with Gasteiger partial charge in [0.1, 0.15) is 5.82 Å². The Kier molecular flexibility index (Phi) is 4.55. The Morgan fingerprint density at radius 1 is 1.44 bits per heavy atom. The molecule has 0 saturated carbocycles. The average Bonchev–Trinajstić information content (AvgIpc) is 2.20. The van der Waals surface area contributed by atoms with Crippen LogP contribution in [0.1, 0.15) is 13.8 Å². The summed E-state index contributed by atoms with van der Waals surface area (Å²) in [7, 11) is 1.64. The summed E-state index contributed by atoms with van der Waals surface area (Å²) in [6.45, 7) is 5.27. The Balaban J connectivity index is 2.92. The first-order valence-electron chi connectivity index (χ1n) is 5.37. The van der Waals surface area contributed by atoms with Gasteiger partial charge in [-0.05, 0) is 32.0 Å². The Hall–Kier alpha value is -1.29. The fourth-order valence-corrected chi connectivity index (χ4v) is 1.60. The molecule has 0 aliphatic rings. The van der Waals surface area contributed by atoms with E-state index in [1.165, 1.54) is 6.07 Å². The van der Waals surface area contributed by atoms with Gasteiger partial charge in [-0.1, -0.05) is 0 Å². The number of methoxy groups -OCH3 is 1. The van der Waals surface area contributed by atoms with Crippen LogP contribution < -0.4 is 10.6 Å². The molecule has 0 unspecified atom stereocenters. The van der Waals surface area contributed by atoms with Gasteiger partial charge in [0, 0.05) is 25.4 Å². The minimum absolute atomic E-state index is 0.216. The third kappa shape index (κ3) is 3.10. The number of hydrogen-bond donors (Lipinski definition) is 1. The molecule has 0 bridgehead atoms. The van der Waals surface area contributed by atoms with Gasteiger partial charge in [-0.25, -0.2) is 4.39 Å². The fraction of sp³-hybridized carbons (Fsp3) is 0.500. The number of nitrogens with two attached hydrogens (primary N) is 1. The van der Waals surface area contributed by atoms with Crippen LogP contribution in [0.15, 0.2) is 18.2 Å². The molecule has 1 rings (SSSR count). The van der Waals surface area contributed by atoms with Gasteiger partial charge >= 0.3 is 0 Å². The van der Waals surface area contributed by atoms with Crippen LogP contribution in [0.25, 0.3) is 0 Å². The molecule has 0 saturated heterocycles. The molecule has 16 heavy (non-hydrogen) atoms. The highest BCUT2D eigenvalue weighted by Gasteiger charge is 2.14. The number of nitrogens with zero attached hydrogens (tertiary/aromatic N) is 1. The molecule has 0 fully saturated rings. The summed E-state index contributed by atoms with van der Waals surface area (Å²) in [4.78, 5) is 1.96. The molecule has 90 valence electrons. The van der Waals surface area contributed by atoms with Gasteiger partial charge in [-0.3, -0.25) is 0 Å². The van der Waals surface area contributed by atoms with Gasteiger partial charge < -0.3 is 15.4 Å². The highest BCUT2D eigenvalue weighted by molar-refractivity contribution is 5.54. The number of hydrogen-bond acceptors (Lipinski definition) is 3. The number of anilines is 2. The topological polar surface area (TPSA) is 38.5 Å². The number of halogens is 1. The van der Waals surface area contributed by atoms with Crippen molar-refractivity contribution in [3.8, 4) is 0 Å². The maximum Gasteiger partial charge on any atom is 0.148 e. The van der Waals surface area contributed by atoms with Crippen LogP contribution in [0.4, 0.5) is 15.8 Å². The van der Waals surface area contributed by atoms with Crippen LogP contribution in [0.5, 0.6) is 0 Å². The fourth-order valence-electron chi connectivity index (χ4n) is 1.60. The summed E-state index contributed by atoms with van der Waals surface area (Å²) in [6, 6.07) is 4.98. The lowest BCUT2D eigenvalue weighted by Crippen LogP contribution is -2.34. The van der Waals surface area contributed by atoms with Crippen molar-refractivity contribution in [2.45, 2.75) is 19.9 Å². The first-order valence-corrected chi connectivity index (χ1v) is 5.37. The van der Waals surface area contributed by atoms with E-state index >= 15 is 0 Å². The summed E-state index contributed by atoms with van der Waals surface area (Å²) in [5, 5.41) is 0. The summed E-state index contributed by atoms with van der Waals surface area (Å²) in [5.74, 6) is -0.287. The maximum absolute atomic E-state index is 13.7. The van der Waals surface area contributed by atoms with Crippen molar-refractivity contribution < 1.29 is 9.13 Å². The smallest absolute Gasteiger partial charge is 0.148 e. The van der Waals surface area contributed by atoms with Crippen LogP contribution in [0.3, 0.4) is 0 Å². The van der Waals surface area contributed by atoms with Gasteiger partial charge in [-0.15, -0.1) is 0 Å². The predicted octanol–water partition coefficient (Wildman–Crippen LogP) is 2.27. The molecule has 0 radical (unpaired) electrons. The summed E-state index contributed by atoms with van der Waals surface area (Å²) >= 11 is 0. The Bertz CT molecular complexity index is 342. The molecule has 0 atom stereocenters. The molecule has 2 N–H and O–H groups in total. The minimum Gasteiger partial charge on any atom is -0.399 e. The highest BCUT2D eigenvalue weighted by Crippen LogP contribution is 2.23. The summed E-state index contributed by atoms with van der Waals surface area (Å²) < 4.78 is 18.7. The van der Waals surface area contributed by atoms with Crippen molar-refractivity contribution in [2.24, 2.45) is 0 Å². The lowest BCUT2D eigenvalue weighted by atomic mass is 10.2. The SMILES string of the molecule is COCCN(c1ccc(N)cc1F)C(C)C. The molecule has 0 aromatic heterocycles. The van der Waals surface area contributed by atoms with Crippen LogP contribution >= 0.6 is 0 Å². The molecule has 0 heterocycles. The van der Waals surface area contributed by atoms with Crippen LogP contribution in [-0.2, 0) is 4.74 Å². The normalized spacial score (nSPS) is 10.8. The molecular weight excluding hydrogens is 207 g/mol. The van der Waals surface area contributed by atoms with E-state index in [0.29, 0.717) is 24.5 Å². The zero-order chi connectivity index (χ0) is 12.1. The largest absolute Gasteiger partial charge is 0.399 e. The van der Waals surface area contributed by atoms with Crippen molar-refractivity contribution in [1.82, 2.24) is 0 Å². The first-order chi connectivity index (χ1) is 7.56. The molecule has 0 aliphatic carbocycles. The third-order valence-corrected chi connectivity index (χ3v) is 2.44. The molecule has 3 nitrogen and oxygen atoms in total. The highest BCUT2D eigenvalue weighted by atomic mass is 19.1. The summed E-state index contributed by atoms with van der Waals surface area (Å²) in [5.41, 5.74) is 6.53. The molecule has 0 spiro atoms. The Morgan fingerprint density at radius 2 is 2.12 bits per heavy atom. The van der Waals surface area contributed by atoms with Crippen molar-refractivity contribution in [3.63, 3.8) is 0 Å². The van der Waals surface area contributed by atoms with Gasteiger partial charge in [0.2, 0.25) is 0 Å². The zero-order valence-corrected chi connectivity index (χ0v) is 10.0. The standard InChI is InChI=1S/C12H19FN2O/c1-9(2)15(6-7-16-3)12-5-4-10(14)8-11(12)13/h4-5,8-9H,6-7,14H2,1-3H3.